The first-order valence-corrected chi connectivity index (χ1v) is 6.12. The lowest BCUT2D eigenvalue weighted by Gasteiger charge is -2.07. The van der Waals surface area contributed by atoms with Crippen molar-refractivity contribution >= 4 is 17.2 Å². The van der Waals surface area contributed by atoms with Crippen LogP contribution < -0.4 is 10.1 Å². The number of rotatable bonds is 3. The number of aromatic nitrogens is 3. The molecule has 7 heteroatoms. The Morgan fingerprint density at radius 2 is 2.24 bits per heavy atom. The standard InChI is InChI=1S/C14H11FN4O2/c1-21-12-5-4-9(7-10(12)15)14(20)17-11-3-2-6-19-8-16-18-13(11)19/h2-8H,1H3,(H,17,20). The zero-order valence-electron chi connectivity index (χ0n) is 11.1. The third-order valence-electron chi connectivity index (χ3n) is 2.99. The van der Waals surface area contributed by atoms with E-state index in [-0.39, 0.29) is 11.3 Å². The van der Waals surface area contributed by atoms with E-state index in [1.807, 2.05) is 0 Å². The van der Waals surface area contributed by atoms with Crippen LogP contribution in [0.3, 0.4) is 0 Å². The maximum Gasteiger partial charge on any atom is 0.255 e. The van der Waals surface area contributed by atoms with Gasteiger partial charge in [-0.2, -0.15) is 0 Å². The summed E-state index contributed by atoms with van der Waals surface area (Å²) in [4.78, 5) is 12.2. The lowest BCUT2D eigenvalue weighted by molar-refractivity contribution is 0.102. The van der Waals surface area contributed by atoms with E-state index in [0.29, 0.717) is 11.3 Å². The molecule has 6 nitrogen and oxygen atoms in total. The van der Waals surface area contributed by atoms with Crippen molar-refractivity contribution in [2.45, 2.75) is 0 Å². The van der Waals surface area contributed by atoms with Crippen LogP contribution in [0.4, 0.5) is 10.1 Å². The molecular formula is C14H11FN4O2. The average molecular weight is 286 g/mol. The normalized spacial score (nSPS) is 10.6. The van der Waals surface area contributed by atoms with Gasteiger partial charge in [-0.15, -0.1) is 10.2 Å². The molecule has 2 heterocycles. The summed E-state index contributed by atoms with van der Waals surface area (Å²) in [5.74, 6) is -0.940. The summed E-state index contributed by atoms with van der Waals surface area (Å²) in [6.07, 6.45) is 3.29. The molecule has 3 aromatic rings. The van der Waals surface area contributed by atoms with Gasteiger partial charge in [-0.3, -0.25) is 9.20 Å². The molecule has 106 valence electrons. The zero-order chi connectivity index (χ0) is 14.8. The van der Waals surface area contributed by atoms with E-state index in [0.717, 1.165) is 6.07 Å². The van der Waals surface area contributed by atoms with Gasteiger partial charge in [0.1, 0.15) is 6.33 Å². The zero-order valence-corrected chi connectivity index (χ0v) is 11.1. The van der Waals surface area contributed by atoms with E-state index in [2.05, 4.69) is 15.5 Å². The quantitative estimate of drug-likeness (QED) is 0.801. The number of hydrogen-bond acceptors (Lipinski definition) is 4. The molecule has 0 spiro atoms. The van der Waals surface area contributed by atoms with Crippen LogP contribution in [0.15, 0.2) is 42.9 Å². The van der Waals surface area contributed by atoms with Gasteiger partial charge in [0.25, 0.3) is 5.91 Å². The van der Waals surface area contributed by atoms with Crippen LogP contribution in [-0.4, -0.2) is 27.6 Å². The first kappa shape index (κ1) is 13.0. The van der Waals surface area contributed by atoms with Crippen LogP contribution in [0.5, 0.6) is 5.75 Å². The molecule has 3 rings (SSSR count). The fourth-order valence-electron chi connectivity index (χ4n) is 1.95. The molecule has 0 radical (unpaired) electrons. The molecule has 0 saturated carbocycles. The van der Waals surface area contributed by atoms with Crippen molar-refractivity contribution in [3.8, 4) is 5.75 Å². The van der Waals surface area contributed by atoms with Crippen molar-refractivity contribution in [2.75, 3.05) is 12.4 Å². The van der Waals surface area contributed by atoms with E-state index in [1.54, 1.807) is 22.7 Å². The van der Waals surface area contributed by atoms with Crippen LogP contribution in [0.2, 0.25) is 0 Å². The van der Waals surface area contributed by atoms with Crippen molar-refractivity contribution in [3.05, 3.63) is 54.2 Å². The summed E-state index contributed by atoms with van der Waals surface area (Å²) in [5.41, 5.74) is 1.20. The number of ether oxygens (including phenoxy) is 1. The minimum absolute atomic E-state index is 0.0890. The molecule has 1 N–H and O–H groups in total. The smallest absolute Gasteiger partial charge is 0.255 e. The van der Waals surface area contributed by atoms with Gasteiger partial charge in [0, 0.05) is 11.8 Å². The molecule has 0 unspecified atom stereocenters. The Morgan fingerprint density at radius 3 is 3.00 bits per heavy atom. The monoisotopic (exact) mass is 286 g/mol. The number of methoxy groups -OCH3 is 1. The van der Waals surface area contributed by atoms with E-state index in [9.17, 15) is 9.18 Å². The number of hydrogen-bond donors (Lipinski definition) is 1. The van der Waals surface area contributed by atoms with Crippen LogP contribution >= 0.6 is 0 Å². The Labute approximate surface area is 119 Å². The second kappa shape index (κ2) is 5.20. The molecule has 0 aliphatic carbocycles. The number of nitrogens with one attached hydrogen (secondary N) is 1. The number of nitrogens with zero attached hydrogens (tertiary/aromatic N) is 3. The lowest BCUT2D eigenvalue weighted by Crippen LogP contribution is -2.13. The SMILES string of the molecule is COc1ccc(C(=O)Nc2cccn3cnnc23)cc1F. The maximum atomic E-state index is 13.6. The van der Waals surface area contributed by atoms with Crippen molar-refractivity contribution < 1.29 is 13.9 Å². The largest absolute Gasteiger partial charge is 0.494 e. The summed E-state index contributed by atoms with van der Waals surface area (Å²) in [5, 5.41) is 10.4. The number of pyridine rings is 1. The third-order valence-corrected chi connectivity index (χ3v) is 2.99. The Kier molecular flexibility index (Phi) is 3.23. The van der Waals surface area contributed by atoms with Crippen LogP contribution in [0.25, 0.3) is 5.65 Å². The van der Waals surface area contributed by atoms with Gasteiger partial charge in [-0.05, 0) is 30.3 Å². The highest BCUT2D eigenvalue weighted by atomic mass is 19.1. The molecule has 0 bridgehead atoms. The number of halogens is 1. The molecule has 0 fully saturated rings. The molecule has 1 aromatic carbocycles. The van der Waals surface area contributed by atoms with Crippen molar-refractivity contribution in [2.24, 2.45) is 0 Å². The van der Waals surface area contributed by atoms with Crippen molar-refractivity contribution in [3.63, 3.8) is 0 Å². The molecule has 0 atom stereocenters. The highest BCUT2D eigenvalue weighted by Gasteiger charge is 2.12. The van der Waals surface area contributed by atoms with Gasteiger partial charge >= 0.3 is 0 Å². The Bertz CT molecular complexity index is 816. The third kappa shape index (κ3) is 2.40. The predicted molar refractivity (Wildman–Crippen MR) is 73.9 cm³/mol. The number of carbonyl (C=O) groups is 1. The van der Waals surface area contributed by atoms with Gasteiger partial charge in [0.15, 0.2) is 17.2 Å². The van der Waals surface area contributed by atoms with Gasteiger partial charge in [0.2, 0.25) is 0 Å². The number of benzene rings is 1. The van der Waals surface area contributed by atoms with E-state index < -0.39 is 11.7 Å². The molecule has 2 aromatic heterocycles. The van der Waals surface area contributed by atoms with Crippen LogP contribution in [-0.2, 0) is 0 Å². The second-order valence-corrected chi connectivity index (χ2v) is 4.29. The average Bonchev–Trinajstić information content (AvgIpc) is 2.96. The Balaban J connectivity index is 1.89. The fourth-order valence-corrected chi connectivity index (χ4v) is 1.95. The van der Waals surface area contributed by atoms with Gasteiger partial charge in [-0.25, -0.2) is 4.39 Å². The first-order valence-electron chi connectivity index (χ1n) is 6.12. The van der Waals surface area contributed by atoms with E-state index in [1.165, 1.54) is 25.6 Å². The molecule has 0 aliphatic heterocycles. The van der Waals surface area contributed by atoms with E-state index in [4.69, 9.17) is 4.74 Å². The number of amides is 1. The van der Waals surface area contributed by atoms with E-state index >= 15 is 0 Å². The summed E-state index contributed by atoms with van der Waals surface area (Å²) < 4.78 is 20.1. The Morgan fingerprint density at radius 1 is 1.38 bits per heavy atom. The van der Waals surface area contributed by atoms with Crippen molar-refractivity contribution in [1.82, 2.24) is 14.6 Å². The number of fused-ring (bicyclic) bond motifs is 1. The van der Waals surface area contributed by atoms with Crippen LogP contribution in [0, 0.1) is 5.82 Å². The highest BCUT2D eigenvalue weighted by Crippen LogP contribution is 2.19. The highest BCUT2D eigenvalue weighted by molar-refractivity contribution is 6.06. The minimum Gasteiger partial charge on any atom is -0.494 e. The fraction of sp³-hybridized carbons (Fsp3) is 0.0714. The minimum atomic E-state index is -0.592. The topological polar surface area (TPSA) is 68.5 Å². The molecule has 1 amide bonds. The summed E-state index contributed by atoms with van der Waals surface area (Å²) in [7, 11) is 1.37. The second-order valence-electron chi connectivity index (χ2n) is 4.29. The molecule has 0 saturated heterocycles. The van der Waals surface area contributed by atoms with Gasteiger partial charge in [-0.1, -0.05) is 0 Å². The Hall–Kier alpha value is -2.96. The maximum absolute atomic E-state index is 13.6. The molecular weight excluding hydrogens is 275 g/mol. The summed E-state index contributed by atoms with van der Waals surface area (Å²) in [6.45, 7) is 0. The van der Waals surface area contributed by atoms with Crippen LogP contribution in [0.1, 0.15) is 10.4 Å². The lowest BCUT2D eigenvalue weighted by atomic mass is 10.2. The molecule has 0 aliphatic rings. The van der Waals surface area contributed by atoms with Crippen molar-refractivity contribution in [1.29, 1.82) is 0 Å². The predicted octanol–water partition coefficient (Wildman–Crippen LogP) is 2.13. The number of anilines is 1. The van der Waals surface area contributed by atoms with Gasteiger partial charge < -0.3 is 10.1 Å². The molecule has 21 heavy (non-hydrogen) atoms. The van der Waals surface area contributed by atoms with Gasteiger partial charge in [0.05, 0.1) is 12.8 Å². The summed E-state index contributed by atoms with van der Waals surface area (Å²) >= 11 is 0. The first-order chi connectivity index (χ1) is 10.2. The number of carbonyl (C=O) groups excluding carboxylic acids is 1. The summed E-state index contributed by atoms with van der Waals surface area (Å²) in [6, 6.07) is 7.46.